The molecule has 0 saturated carbocycles. The van der Waals surface area contributed by atoms with Crippen LogP contribution in [-0.4, -0.2) is 57.8 Å². The van der Waals surface area contributed by atoms with Gasteiger partial charge in [-0.1, -0.05) is 6.92 Å². The van der Waals surface area contributed by atoms with Crippen LogP contribution in [0.25, 0.3) is 22.3 Å². The highest BCUT2D eigenvalue weighted by Crippen LogP contribution is 2.38. The number of rotatable bonds is 2. The second kappa shape index (κ2) is 7.89. The third-order valence-corrected chi connectivity index (χ3v) is 7.06. The quantitative estimate of drug-likeness (QED) is 0.417. The summed E-state index contributed by atoms with van der Waals surface area (Å²) in [6.07, 6.45) is -0.292. The minimum absolute atomic E-state index is 0.0924. The Hall–Kier alpha value is -3.76. The van der Waals surface area contributed by atoms with E-state index in [2.05, 4.69) is 5.32 Å². The SMILES string of the molecule is CCC1(O)C(=O)OCc2c1cc1n(c2=O)Cc2cc3cc(OC(=O)N4CCNCC4)ccc3nc2-1. The molecule has 1 aromatic carbocycles. The molecule has 5 heterocycles. The summed E-state index contributed by atoms with van der Waals surface area (Å²) in [7, 11) is 0. The van der Waals surface area contributed by atoms with Crippen LogP contribution >= 0.6 is 0 Å². The Labute approximate surface area is 200 Å². The van der Waals surface area contributed by atoms with E-state index in [1.807, 2.05) is 6.07 Å². The molecular formula is C25H24N4O6. The van der Waals surface area contributed by atoms with E-state index in [1.54, 1.807) is 40.7 Å². The molecule has 0 aliphatic carbocycles. The maximum Gasteiger partial charge on any atom is 0.415 e. The van der Waals surface area contributed by atoms with Crippen LogP contribution in [-0.2, 0) is 28.3 Å². The maximum absolute atomic E-state index is 13.3. The number of ether oxygens (including phenoxy) is 2. The number of fused-ring (bicyclic) bond motifs is 5. The number of nitrogens with one attached hydrogen (secondary N) is 1. The Morgan fingerprint density at radius 1 is 1.23 bits per heavy atom. The van der Waals surface area contributed by atoms with Gasteiger partial charge >= 0.3 is 12.1 Å². The predicted octanol–water partition coefficient (Wildman–Crippen LogP) is 1.48. The lowest BCUT2D eigenvalue weighted by Gasteiger charge is -2.31. The van der Waals surface area contributed by atoms with Gasteiger partial charge in [-0.25, -0.2) is 14.6 Å². The van der Waals surface area contributed by atoms with Crippen LogP contribution in [0.15, 0.2) is 35.1 Å². The average molecular weight is 476 g/mol. The minimum Gasteiger partial charge on any atom is -0.458 e. The summed E-state index contributed by atoms with van der Waals surface area (Å²) in [5.41, 5.74) is 1.11. The van der Waals surface area contributed by atoms with Crippen molar-refractivity contribution < 1.29 is 24.2 Å². The number of aromatic nitrogens is 2. The number of cyclic esters (lactones) is 1. The first kappa shape index (κ1) is 21.8. The van der Waals surface area contributed by atoms with Crippen LogP contribution < -0.4 is 15.6 Å². The van der Waals surface area contributed by atoms with Crippen molar-refractivity contribution in [3.8, 4) is 17.1 Å². The molecule has 2 aromatic heterocycles. The fourth-order valence-electron chi connectivity index (χ4n) is 5.04. The van der Waals surface area contributed by atoms with Crippen molar-refractivity contribution in [1.29, 1.82) is 0 Å². The number of hydrogen-bond donors (Lipinski definition) is 2. The number of carbonyl (C=O) groups excluding carboxylic acids is 2. The average Bonchev–Trinajstić information content (AvgIpc) is 3.23. The monoisotopic (exact) mass is 476 g/mol. The Balaban J connectivity index is 1.38. The molecule has 1 unspecified atom stereocenters. The van der Waals surface area contributed by atoms with Crippen molar-refractivity contribution in [2.24, 2.45) is 0 Å². The molecule has 3 aliphatic rings. The minimum atomic E-state index is -1.86. The second-order valence-corrected chi connectivity index (χ2v) is 9.06. The van der Waals surface area contributed by atoms with Gasteiger partial charge in [-0.3, -0.25) is 4.79 Å². The molecule has 0 spiro atoms. The molecule has 3 aromatic rings. The summed E-state index contributed by atoms with van der Waals surface area (Å²) in [6, 6.07) is 8.85. The van der Waals surface area contributed by atoms with Gasteiger partial charge in [-0.05, 0) is 36.8 Å². The van der Waals surface area contributed by atoms with Crippen molar-refractivity contribution in [2.45, 2.75) is 32.1 Å². The van der Waals surface area contributed by atoms with Crippen LogP contribution in [0.3, 0.4) is 0 Å². The zero-order valence-electron chi connectivity index (χ0n) is 19.2. The van der Waals surface area contributed by atoms with Crippen molar-refractivity contribution in [1.82, 2.24) is 19.8 Å². The number of carbonyl (C=O) groups is 2. The molecular weight excluding hydrogens is 452 g/mol. The molecule has 6 rings (SSSR count). The molecule has 3 aliphatic heterocycles. The summed E-state index contributed by atoms with van der Waals surface area (Å²) in [4.78, 5) is 44.5. The smallest absolute Gasteiger partial charge is 0.415 e. The number of esters is 1. The van der Waals surface area contributed by atoms with Crippen molar-refractivity contribution in [3.63, 3.8) is 0 Å². The Morgan fingerprint density at radius 2 is 2.03 bits per heavy atom. The van der Waals surface area contributed by atoms with Crippen molar-refractivity contribution in [3.05, 3.63) is 57.4 Å². The van der Waals surface area contributed by atoms with E-state index in [4.69, 9.17) is 14.5 Å². The first-order valence-corrected chi connectivity index (χ1v) is 11.7. The van der Waals surface area contributed by atoms with Crippen LogP contribution in [0, 0.1) is 0 Å². The Kier molecular flexibility index (Phi) is 4.90. The van der Waals surface area contributed by atoms with Gasteiger partial charge in [-0.15, -0.1) is 0 Å². The van der Waals surface area contributed by atoms with E-state index in [-0.39, 0.29) is 35.8 Å². The third kappa shape index (κ3) is 3.32. The lowest BCUT2D eigenvalue weighted by molar-refractivity contribution is -0.172. The van der Waals surface area contributed by atoms with Gasteiger partial charge in [0.1, 0.15) is 12.4 Å². The summed E-state index contributed by atoms with van der Waals surface area (Å²) in [5.74, 6) is -0.320. The standard InChI is InChI=1S/C25H24N4O6/c1-2-25(33)18-11-20-21-15(12-29(20)22(30)17(18)13-34-23(25)31)9-14-10-16(3-4-19(14)27-21)35-24(32)28-7-5-26-6-8-28/h3-4,9-11,26,33H,2,5-8,12-13H2,1H3. The molecule has 1 atom stereocenters. The van der Waals surface area contributed by atoms with Crippen LogP contribution in [0.4, 0.5) is 4.79 Å². The number of aliphatic hydroxyl groups is 1. The molecule has 10 nitrogen and oxygen atoms in total. The van der Waals surface area contributed by atoms with Gasteiger partial charge in [0.25, 0.3) is 5.56 Å². The largest absolute Gasteiger partial charge is 0.458 e. The van der Waals surface area contributed by atoms with Gasteiger partial charge < -0.3 is 29.4 Å². The molecule has 2 N–H and O–H groups in total. The second-order valence-electron chi connectivity index (χ2n) is 9.06. The van der Waals surface area contributed by atoms with Crippen LogP contribution in [0.5, 0.6) is 5.75 Å². The highest BCUT2D eigenvalue weighted by molar-refractivity contribution is 5.87. The molecule has 180 valence electrons. The van der Waals surface area contributed by atoms with E-state index in [0.717, 1.165) is 24.0 Å². The molecule has 10 heteroatoms. The highest BCUT2D eigenvalue weighted by atomic mass is 16.6. The number of hydrogen-bond acceptors (Lipinski definition) is 8. The number of piperazine rings is 1. The predicted molar refractivity (Wildman–Crippen MR) is 125 cm³/mol. The first-order valence-electron chi connectivity index (χ1n) is 11.7. The number of benzene rings is 1. The summed E-state index contributed by atoms with van der Waals surface area (Å²) in [5, 5.41) is 15.0. The summed E-state index contributed by atoms with van der Waals surface area (Å²) >= 11 is 0. The lowest BCUT2D eigenvalue weighted by Crippen LogP contribution is -2.47. The van der Waals surface area contributed by atoms with Crippen molar-refractivity contribution >= 4 is 23.0 Å². The molecule has 1 amide bonds. The normalized spacial score (nSPS) is 20.7. The zero-order chi connectivity index (χ0) is 24.3. The van der Waals surface area contributed by atoms with E-state index < -0.39 is 11.6 Å². The van der Waals surface area contributed by atoms with E-state index in [0.29, 0.717) is 42.3 Å². The number of nitrogens with zero attached hydrogens (tertiary/aromatic N) is 3. The van der Waals surface area contributed by atoms with Gasteiger partial charge in [0.2, 0.25) is 0 Å². The summed E-state index contributed by atoms with van der Waals surface area (Å²) < 4.78 is 12.3. The fraction of sp³-hybridized carbons (Fsp3) is 0.360. The number of pyridine rings is 2. The lowest BCUT2D eigenvalue weighted by atomic mass is 9.86. The molecule has 0 radical (unpaired) electrons. The number of amides is 1. The fourth-order valence-corrected chi connectivity index (χ4v) is 5.04. The Morgan fingerprint density at radius 3 is 2.80 bits per heavy atom. The van der Waals surface area contributed by atoms with Crippen LogP contribution in [0.1, 0.15) is 30.0 Å². The molecule has 1 saturated heterocycles. The van der Waals surface area contributed by atoms with Gasteiger partial charge in [0.05, 0.1) is 29.0 Å². The van der Waals surface area contributed by atoms with Gasteiger partial charge in [-0.2, -0.15) is 0 Å². The molecule has 0 bridgehead atoms. The van der Waals surface area contributed by atoms with E-state index >= 15 is 0 Å². The first-order chi connectivity index (χ1) is 16.9. The molecule has 35 heavy (non-hydrogen) atoms. The van der Waals surface area contributed by atoms with Crippen molar-refractivity contribution in [2.75, 3.05) is 26.2 Å². The van der Waals surface area contributed by atoms with Crippen LogP contribution in [0.2, 0.25) is 0 Å². The highest BCUT2D eigenvalue weighted by Gasteiger charge is 2.45. The maximum atomic E-state index is 13.3. The summed E-state index contributed by atoms with van der Waals surface area (Å²) in [6.45, 7) is 4.49. The van der Waals surface area contributed by atoms with E-state index in [9.17, 15) is 19.5 Å². The van der Waals surface area contributed by atoms with Gasteiger partial charge in [0, 0.05) is 42.7 Å². The zero-order valence-corrected chi connectivity index (χ0v) is 19.2. The Bertz CT molecular complexity index is 1460. The van der Waals surface area contributed by atoms with E-state index in [1.165, 1.54) is 0 Å². The molecule has 1 fully saturated rings. The third-order valence-electron chi connectivity index (χ3n) is 7.06. The van der Waals surface area contributed by atoms with Gasteiger partial charge in [0.15, 0.2) is 5.60 Å². The topological polar surface area (TPSA) is 123 Å².